The van der Waals surface area contributed by atoms with E-state index in [1.54, 1.807) is 24.5 Å². The van der Waals surface area contributed by atoms with Crippen LogP contribution in [-0.2, 0) is 0 Å². The summed E-state index contributed by atoms with van der Waals surface area (Å²) in [6.07, 6.45) is 1.63. The normalized spacial score (nSPS) is 14.1. The fourth-order valence-corrected chi connectivity index (χ4v) is 2.35. The first-order valence-electron chi connectivity index (χ1n) is 7.03. The summed E-state index contributed by atoms with van der Waals surface area (Å²) in [6.45, 7) is 0.648. The van der Waals surface area contributed by atoms with Crippen LogP contribution in [0.25, 0.3) is 0 Å². The molecule has 1 atom stereocenters. The van der Waals surface area contributed by atoms with Crippen molar-refractivity contribution in [3.05, 3.63) is 47.9 Å². The van der Waals surface area contributed by atoms with Crippen LogP contribution in [0.4, 0.5) is 0 Å². The number of ether oxygens (including phenoxy) is 2. The highest BCUT2D eigenvalue weighted by Crippen LogP contribution is 2.32. The Balaban J connectivity index is 1.66. The molecule has 1 amide bonds. The molecule has 0 saturated heterocycles. The number of hydrogen-bond donors (Lipinski definition) is 1. The highest BCUT2D eigenvalue weighted by atomic mass is 16.7. The molecule has 0 radical (unpaired) electrons. The van der Waals surface area contributed by atoms with Gasteiger partial charge >= 0.3 is 0 Å². The topological polar surface area (TPSA) is 63.9 Å². The Morgan fingerprint density at radius 3 is 2.82 bits per heavy atom. The average Bonchev–Trinajstić information content (AvgIpc) is 3.17. The zero-order chi connectivity index (χ0) is 15.5. The predicted octanol–water partition coefficient (Wildman–Crippen LogP) is 2.04. The first-order chi connectivity index (χ1) is 10.6. The number of amides is 1. The Bertz CT molecular complexity index is 652. The van der Waals surface area contributed by atoms with Crippen molar-refractivity contribution in [1.82, 2.24) is 10.2 Å². The van der Waals surface area contributed by atoms with Crippen molar-refractivity contribution in [3.8, 4) is 11.5 Å². The number of nitrogens with zero attached hydrogens (tertiary/aromatic N) is 1. The maximum Gasteiger partial charge on any atom is 0.251 e. The van der Waals surface area contributed by atoms with Crippen LogP contribution in [0, 0.1) is 0 Å². The molecule has 22 heavy (non-hydrogen) atoms. The van der Waals surface area contributed by atoms with Gasteiger partial charge in [0.25, 0.3) is 5.91 Å². The maximum absolute atomic E-state index is 12.3. The quantitative estimate of drug-likeness (QED) is 0.915. The summed E-state index contributed by atoms with van der Waals surface area (Å²) >= 11 is 0. The van der Waals surface area contributed by atoms with Crippen molar-refractivity contribution >= 4 is 5.91 Å². The van der Waals surface area contributed by atoms with Crippen molar-refractivity contribution in [1.29, 1.82) is 0 Å². The molecule has 0 spiro atoms. The van der Waals surface area contributed by atoms with Crippen LogP contribution in [0.2, 0.25) is 0 Å². The molecule has 2 aromatic rings. The Hall–Kier alpha value is -2.47. The smallest absolute Gasteiger partial charge is 0.251 e. The fraction of sp³-hybridized carbons (Fsp3) is 0.312. The van der Waals surface area contributed by atoms with Crippen LogP contribution in [0.3, 0.4) is 0 Å². The minimum Gasteiger partial charge on any atom is -0.468 e. The highest BCUT2D eigenvalue weighted by molar-refractivity contribution is 5.94. The van der Waals surface area contributed by atoms with Gasteiger partial charge in [0, 0.05) is 12.1 Å². The molecule has 0 fully saturated rings. The predicted molar refractivity (Wildman–Crippen MR) is 80.0 cm³/mol. The van der Waals surface area contributed by atoms with E-state index in [2.05, 4.69) is 5.32 Å². The number of carbonyl (C=O) groups is 1. The second kappa shape index (κ2) is 6.11. The van der Waals surface area contributed by atoms with E-state index in [4.69, 9.17) is 13.9 Å². The molecule has 0 bridgehead atoms. The van der Waals surface area contributed by atoms with E-state index in [0.29, 0.717) is 23.6 Å². The zero-order valence-corrected chi connectivity index (χ0v) is 12.5. The van der Waals surface area contributed by atoms with Gasteiger partial charge in [-0.25, -0.2) is 0 Å². The van der Waals surface area contributed by atoms with Crippen molar-refractivity contribution in [2.24, 2.45) is 0 Å². The fourth-order valence-electron chi connectivity index (χ4n) is 2.35. The number of rotatable bonds is 5. The Labute approximate surface area is 128 Å². The molecule has 1 aromatic carbocycles. The van der Waals surface area contributed by atoms with Crippen LogP contribution in [0.15, 0.2) is 41.0 Å². The second-order valence-corrected chi connectivity index (χ2v) is 5.27. The van der Waals surface area contributed by atoms with E-state index in [0.717, 1.165) is 5.76 Å². The second-order valence-electron chi connectivity index (χ2n) is 5.27. The maximum atomic E-state index is 12.3. The number of hydrogen-bond acceptors (Lipinski definition) is 5. The summed E-state index contributed by atoms with van der Waals surface area (Å²) in [6, 6.07) is 8.87. The van der Waals surface area contributed by atoms with Gasteiger partial charge in [0.15, 0.2) is 11.5 Å². The molecule has 2 heterocycles. The molecule has 1 N–H and O–H groups in total. The zero-order valence-electron chi connectivity index (χ0n) is 12.5. The van der Waals surface area contributed by atoms with Gasteiger partial charge in [-0.1, -0.05) is 0 Å². The van der Waals surface area contributed by atoms with Crippen molar-refractivity contribution in [3.63, 3.8) is 0 Å². The van der Waals surface area contributed by atoms with E-state index >= 15 is 0 Å². The van der Waals surface area contributed by atoms with Gasteiger partial charge in [-0.15, -0.1) is 0 Å². The van der Waals surface area contributed by atoms with Crippen molar-refractivity contribution in [2.45, 2.75) is 6.04 Å². The summed E-state index contributed by atoms with van der Waals surface area (Å²) < 4.78 is 16.0. The lowest BCUT2D eigenvalue weighted by atomic mass is 10.1. The monoisotopic (exact) mass is 302 g/mol. The average molecular weight is 302 g/mol. The third-order valence-corrected chi connectivity index (χ3v) is 3.59. The highest BCUT2D eigenvalue weighted by Gasteiger charge is 2.20. The van der Waals surface area contributed by atoms with Gasteiger partial charge in [-0.05, 0) is 44.4 Å². The van der Waals surface area contributed by atoms with Gasteiger partial charge in [0.1, 0.15) is 5.76 Å². The van der Waals surface area contributed by atoms with Crippen LogP contribution in [0.5, 0.6) is 11.5 Å². The summed E-state index contributed by atoms with van der Waals surface area (Å²) in [5, 5.41) is 2.92. The number of furan rings is 1. The standard InChI is InChI=1S/C16H18N2O4/c1-18(2)12(13-4-3-7-20-13)9-17-16(19)11-5-6-14-15(8-11)22-10-21-14/h3-8,12H,9-10H2,1-2H3,(H,17,19). The molecular formula is C16H18N2O4. The molecule has 3 rings (SSSR count). The number of fused-ring (bicyclic) bond motifs is 1. The molecule has 0 saturated carbocycles. The van der Waals surface area contributed by atoms with E-state index < -0.39 is 0 Å². The largest absolute Gasteiger partial charge is 0.468 e. The summed E-state index contributed by atoms with van der Waals surface area (Å²) in [7, 11) is 3.89. The summed E-state index contributed by atoms with van der Waals surface area (Å²) in [4.78, 5) is 14.3. The molecule has 6 nitrogen and oxygen atoms in total. The Morgan fingerprint density at radius 2 is 2.09 bits per heavy atom. The van der Waals surface area contributed by atoms with Crippen LogP contribution < -0.4 is 14.8 Å². The van der Waals surface area contributed by atoms with Gasteiger partial charge in [-0.2, -0.15) is 0 Å². The van der Waals surface area contributed by atoms with Crippen LogP contribution in [-0.4, -0.2) is 38.2 Å². The van der Waals surface area contributed by atoms with Crippen LogP contribution in [0.1, 0.15) is 22.2 Å². The number of nitrogens with one attached hydrogen (secondary N) is 1. The molecule has 1 aliphatic heterocycles. The van der Waals surface area contributed by atoms with E-state index in [1.165, 1.54) is 0 Å². The SMILES string of the molecule is CN(C)C(CNC(=O)c1ccc2c(c1)OCO2)c1ccco1. The molecular weight excluding hydrogens is 284 g/mol. The number of carbonyl (C=O) groups excluding carboxylic acids is 1. The molecule has 0 aliphatic carbocycles. The lowest BCUT2D eigenvalue weighted by molar-refractivity contribution is 0.0938. The number of likely N-dealkylation sites (N-methyl/N-ethyl adjacent to an activating group) is 1. The third-order valence-electron chi connectivity index (χ3n) is 3.59. The minimum absolute atomic E-state index is 0.0204. The minimum atomic E-state index is -0.156. The molecule has 1 aromatic heterocycles. The van der Waals surface area contributed by atoms with Gasteiger partial charge in [0.05, 0.1) is 12.3 Å². The lowest BCUT2D eigenvalue weighted by Gasteiger charge is -2.22. The van der Waals surface area contributed by atoms with Crippen LogP contribution >= 0.6 is 0 Å². The molecule has 6 heteroatoms. The van der Waals surface area contributed by atoms with Gasteiger partial charge in [-0.3, -0.25) is 9.69 Å². The van der Waals surface area contributed by atoms with E-state index in [9.17, 15) is 4.79 Å². The first-order valence-corrected chi connectivity index (χ1v) is 7.03. The Morgan fingerprint density at radius 1 is 1.27 bits per heavy atom. The Kier molecular flexibility index (Phi) is 4.02. The lowest BCUT2D eigenvalue weighted by Crippen LogP contribution is -2.34. The van der Waals surface area contributed by atoms with E-state index in [-0.39, 0.29) is 18.7 Å². The summed E-state index contributed by atoms with van der Waals surface area (Å²) in [5.41, 5.74) is 0.543. The molecule has 1 aliphatic rings. The van der Waals surface area contributed by atoms with E-state index in [1.807, 2.05) is 31.1 Å². The first kappa shape index (κ1) is 14.5. The summed E-state index contributed by atoms with van der Waals surface area (Å²) in [5.74, 6) is 1.92. The van der Waals surface area contributed by atoms with Gasteiger partial charge < -0.3 is 19.2 Å². The molecule has 116 valence electrons. The van der Waals surface area contributed by atoms with Gasteiger partial charge in [0.2, 0.25) is 6.79 Å². The molecule has 1 unspecified atom stereocenters. The van der Waals surface area contributed by atoms with Crippen molar-refractivity contribution in [2.75, 3.05) is 27.4 Å². The van der Waals surface area contributed by atoms with Crippen molar-refractivity contribution < 1.29 is 18.7 Å². The number of benzene rings is 1. The third kappa shape index (κ3) is 2.92.